The summed E-state index contributed by atoms with van der Waals surface area (Å²) in [6, 6.07) is 8.72. The average molecular weight is 533 g/mol. The van der Waals surface area contributed by atoms with E-state index >= 15 is 0 Å². The van der Waals surface area contributed by atoms with Gasteiger partial charge in [0.25, 0.3) is 5.91 Å². The molecule has 1 unspecified atom stereocenters. The Labute approximate surface area is 229 Å². The van der Waals surface area contributed by atoms with E-state index in [1.165, 1.54) is 24.2 Å². The zero-order chi connectivity index (χ0) is 28.2. The van der Waals surface area contributed by atoms with Gasteiger partial charge in [-0.3, -0.25) is 9.69 Å². The molecule has 2 aromatic carbocycles. The Morgan fingerprint density at radius 2 is 1.90 bits per heavy atom. The molecule has 0 radical (unpaired) electrons. The molecule has 39 heavy (non-hydrogen) atoms. The number of nitrogens with zero attached hydrogens (tertiary/aromatic N) is 5. The van der Waals surface area contributed by atoms with Crippen molar-refractivity contribution in [2.75, 3.05) is 24.6 Å². The number of anilines is 3. The van der Waals surface area contributed by atoms with Gasteiger partial charge in [0.2, 0.25) is 5.95 Å². The number of halogens is 1. The Hall–Kier alpha value is -3.92. The van der Waals surface area contributed by atoms with E-state index in [-0.39, 0.29) is 22.5 Å². The van der Waals surface area contributed by atoms with Gasteiger partial charge in [0.05, 0.1) is 16.9 Å². The van der Waals surface area contributed by atoms with Crippen LogP contribution in [0.4, 0.5) is 27.4 Å². The summed E-state index contributed by atoms with van der Waals surface area (Å²) in [5.41, 5.74) is 11.3. The molecule has 1 amide bonds. The second kappa shape index (κ2) is 11.9. The van der Waals surface area contributed by atoms with Crippen molar-refractivity contribution < 1.29 is 9.18 Å². The van der Waals surface area contributed by atoms with Crippen molar-refractivity contribution in [1.29, 1.82) is 0 Å². The third-order valence-corrected chi connectivity index (χ3v) is 7.20. The number of nitrogens with one attached hydrogen (secondary N) is 2. The fourth-order valence-corrected chi connectivity index (χ4v) is 5.24. The zero-order valence-corrected chi connectivity index (χ0v) is 23.3. The minimum absolute atomic E-state index is 0.100. The van der Waals surface area contributed by atoms with E-state index in [0.29, 0.717) is 25.5 Å². The number of benzene rings is 2. The predicted molar refractivity (Wildman–Crippen MR) is 152 cm³/mol. The summed E-state index contributed by atoms with van der Waals surface area (Å²) in [6.45, 7) is 10.3. The Balaban J connectivity index is 1.42. The number of carbonyl (C=O) groups is 1. The van der Waals surface area contributed by atoms with E-state index in [9.17, 15) is 9.18 Å². The number of carbonyl (C=O) groups excluding carboxylic acids is 1. The van der Waals surface area contributed by atoms with E-state index in [1.54, 1.807) is 0 Å². The van der Waals surface area contributed by atoms with Gasteiger partial charge < -0.3 is 16.4 Å². The number of nitrogen functional groups attached to an aromatic ring is 1. The van der Waals surface area contributed by atoms with Gasteiger partial charge in [-0.25, -0.2) is 14.4 Å². The number of nitrogens with two attached hydrogens (primary N) is 1. The van der Waals surface area contributed by atoms with Crippen molar-refractivity contribution in [3.63, 3.8) is 0 Å². The topological polar surface area (TPSA) is 121 Å². The van der Waals surface area contributed by atoms with Gasteiger partial charge in [0.1, 0.15) is 11.5 Å². The van der Waals surface area contributed by atoms with Crippen LogP contribution in [0.3, 0.4) is 0 Å². The van der Waals surface area contributed by atoms with Crippen LogP contribution in [0.25, 0.3) is 0 Å². The molecular formula is C29H37FN8O. The largest absolute Gasteiger partial charge is 0.397 e. The van der Waals surface area contributed by atoms with Gasteiger partial charge in [-0.15, -0.1) is 0 Å². The van der Waals surface area contributed by atoms with E-state index in [4.69, 9.17) is 10.7 Å². The van der Waals surface area contributed by atoms with Crippen LogP contribution in [0.15, 0.2) is 46.8 Å². The molecule has 1 atom stereocenters. The van der Waals surface area contributed by atoms with Crippen molar-refractivity contribution in [2.24, 2.45) is 10.2 Å². The number of rotatable bonds is 10. The van der Waals surface area contributed by atoms with Gasteiger partial charge in [-0.05, 0) is 69.0 Å². The van der Waals surface area contributed by atoms with Crippen LogP contribution in [0.5, 0.6) is 0 Å². The quantitative estimate of drug-likeness (QED) is 0.219. The van der Waals surface area contributed by atoms with Crippen molar-refractivity contribution in [2.45, 2.75) is 65.6 Å². The van der Waals surface area contributed by atoms with Crippen molar-refractivity contribution in [3.8, 4) is 0 Å². The smallest absolute Gasteiger partial charge is 0.254 e. The first kappa shape index (κ1) is 28.1. The molecule has 4 rings (SSSR count). The van der Waals surface area contributed by atoms with Crippen LogP contribution in [0.2, 0.25) is 0 Å². The lowest BCUT2D eigenvalue weighted by Gasteiger charge is -2.39. The van der Waals surface area contributed by atoms with Crippen molar-refractivity contribution in [3.05, 3.63) is 70.3 Å². The summed E-state index contributed by atoms with van der Waals surface area (Å²) in [5.74, 6) is -0.607. The number of fused-ring (bicyclic) bond motifs is 1. The molecule has 0 fully saturated rings. The number of hydrogen-bond donors (Lipinski definition) is 3. The molecule has 4 N–H and O–H groups in total. The van der Waals surface area contributed by atoms with E-state index in [0.717, 1.165) is 42.4 Å². The first-order chi connectivity index (χ1) is 18.6. The number of aryl methyl sites for hydroxylation is 2. The first-order valence-electron chi connectivity index (χ1n) is 13.2. The van der Waals surface area contributed by atoms with Gasteiger partial charge in [-0.1, -0.05) is 19.4 Å². The van der Waals surface area contributed by atoms with Gasteiger partial charge in [-0.2, -0.15) is 10.2 Å². The summed E-state index contributed by atoms with van der Waals surface area (Å²) in [6.07, 6.45) is 4.52. The molecule has 10 heteroatoms. The maximum atomic E-state index is 14.5. The molecule has 0 saturated carbocycles. The molecule has 3 aromatic rings. The minimum Gasteiger partial charge on any atom is -0.397 e. The standard InChI is InChI=1S/C29H37FN8O/c1-6-7-29(4,8-9-33-27(39)22-13-25(37-32-5)24(31)14-23(22)30)38-16-20-15-34-28(36-26(20)17-38)35-21-11-18(2)10-19(3)12-21/h10-15H,6-9,16-17,31H2,1-5H3,(H,33,39)(H,34,35,36). The fourth-order valence-electron chi connectivity index (χ4n) is 5.24. The van der Waals surface area contributed by atoms with Crippen LogP contribution < -0.4 is 16.4 Å². The zero-order valence-electron chi connectivity index (χ0n) is 23.3. The molecule has 0 spiro atoms. The van der Waals surface area contributed by atoms with Crippen LogP contribution in [0, 0.1) is 19.7 Å². The molecule has 2 heterocycles. The van der Waals surface area contributed by atoms with Gasteiger partial charge in [0, 0.05) is 49.7 Å². The molecule has 9 nitrogen and oxygen atoms in total. The number of hydrogen-bond acceptors (Lipinski definition) is 8. The summed E-state index contributed by atoms with van der Waals surface area (Å²) in [5, 5.41) is 13.8. The van der Waals surface area contributed by atoms with Crippen LogP contribution in [-0.4, -0.2) is 39.9 Å². The molecule has 1 aliphatic rings. The summed E-state index contributed by atoms with van der Waals surface area (Å²) >= 11 is 0. The Kier molecular flexibility index (Phi) is 8.54. The molecule has 1 aromatic heterocycles. The van der Waals surface area contributed by atoms with Crippen LogP contribution in [-0.2, 0) is 13.1 Å². The Bertz CT molecular complexity index is 1370. The number of azo groups is 1. The Morgan fingerprint density at radius 3 is 2.59 bits per heavy atom. The fraction of sp³-hybridized carbons (Fsp3) is 0.414. The van der Waals surface area contributed by atoms with Crippen molar-refractivity contribution in [1.82, 2.24) is 20.2 Å². The monoisotopic (exact) mass is 532 g/mol. The highest BCUT2D eigenvalue weighted by Gasteiger charge is 2.36. The highest BCUT2D eigenvalue weighted by Crippen LogP contribution is 2.34. The Morgan fingerprint density at radius 1 is 1.15 bits per heavy atom. The van der Waals surface area contributed by atoms with E-state index in [2.05, 4.69) is 76.6 Å². The van der Waals surface area contributed by atoms with Crippen LogP contribution in [0.1, 0.15) is 65.9 Å². The third-order valence-electron chi connectivity index (χ3n) is 7.20. The molecule has 1 aliphatic heterocycles. The summed E-state index contributed by atoms with van der Waals surface area (Å²) in [7, 11) is 1.49. The molecule has 206 valence electrons. The second-order valence-electron chi connectivity index (χ2n) is 10.5. The van der Waals surface area contributed by atoms with E-state index in [1.807, 2.05) is 6.20 Å². The summed E-state index contributed by atoms with van der Waals surface area (Å²) < 4.78 is 14.5. The van der Waals surface area contributed by atoms with Crippen molar-refractivity contribution >= 4 is 28.9 Å². The number of aromatic nitrogens is 2. The molecule has 0 saturated heterocycles. The first-order valence-corrected chi connectivity index (χ1v) is 13.2. The lowest BCUT2D eigenvalue weighted by atomic mass is 9.90. The van der Waals surface area contributed by atoms with Gasteiger partial charge in [0.15, 0.2) is 0 Å². The second-order valence-corrected chi connectivity index (χ2v) is 10.5. The normalized spacial score (nSPS) is 14.8. The third kappa shape index (κ3) is 6.57. The highest BCUT2D eigenvalue weighted by atomic mass is 19.1. The minimum atomic E-state index is -0.685. The highest BCUT2D eigenvalue weighted by molar-refractivity contribution is 5.96. The average Bonchev–Trinajstić information content (AvgIpc) is 3.29. The maximum absolute atomic E-state index is 14.5. The number of amides is 1. The molecular weight excluding hydrogens is 495 g/mol. The SMILES string of the molecule is CCCC(C)(CCNC(=O)c1cc(N=NC)c(N)cc1F)N1Cc2cnc(Nc3cc(C)cc(C)c3)nc2C1. The maximum Gasteiger partial charge on any atom is 0.254 e. The molecule has 0 aliphatic carbocycles. The van der Waals surface area contributed by atoms with E-state index < -0.39 is 11.7 Å². The van der Waals surface area contributed by atoms with Crippen LogP contribution >= 0.6 is 0 Å². The lowest BCUT2D eigenvalue weighted by molar-refractivity contribution is 0.0775. The lowest BCUT2D eigenvalue weighted by Crippen LogP contribution is -2.45. The van der Waals surface area contributed by atoms with Gasteiger partial charge >= 0.3 is 0 Å². The molecule has 0 bridgehead atoms. The predicted octanol–water partition coefficient (Wildman–Crippen LogP) is 5.97. The summed E-state index contributed by atoms with van der Waals surface area (Å²) in [4.78, 5) is 24.6.